The summed E-state index contributed by atoms with van der Waals surface area (Å²) in [6, 6.07) is 6.96. The van der Waals surface area contributed by atoms with E-state index in [-0.39, 0.29) is 24.2 Å². The van der Waals surface area contributed by atoms with Gasteiger partial charge < -0.3 is 10.6 Å². The lowest BCUT2D eigenvalue weighted by molar-refractivity contribution is 0.354. The van der Waals surface area contributed by atoms with Gasteiger partial charge in [-0.05, 0) is 37.2 Å². The van der Waals surface area contributed by atoms with Crippen LogP contribution in [0.4, 0.5) is 0 Å². The summed E-state index contributed by atoms with van der Waals surface area (Å²) in [7, 11) is -3.19. The predicted molar refractivity (Wildman–Crippen MR) is 82.5 cm³/mol. The molecule has 4 nitrogen and oxygen atoms in total. The molecule has 1 unspecified atom stereocenters. The minimum Gasteiger partial charge on any atom is -0.326 e. The monoisotopic (exact) mass is 368 g/mol. The molecule has 0 spiro atoms. The van der Waals surface area contributed by atoms with Gasteiger partial charge in [-0.3, -0.25) is 0 Å². The molecule has 2 N–H and O–H groups in total. The first kappa shape index (κ1) is 16.9. The van der Waals surface area contributed by atoms with Crippen molar-refractivity contribution < 1.29 is 8.42 Å². The van der Waals surface area contributed by atoms with Crippen LogP contribution in [-0.4, -0.2) is 44.7 Å². The molecule has 0 aliphatic carbocycles. The van der Waals surface area contributed by atoms with Crippen LogP contribution in [0, 0.1) is 0 Å². The van der Waals surface area contributed by atoms with Crippen molar-refractivity contribution >= 4 is 38.2 Å². The smallest absolute Gasteiger partial charge is 0.179 e. The van der Waals surface area contributed by atoms with Crippen LogP contribution in [0.5, 0.6) is 0 Å². The lowest BCUT2D eigenvalue weighted by Crippen LogP contribution is -2.30. The fraction of sp³-hybridized carbons (Fsp3) is 0.500. The normalized spacial score (nSPS) is 20.2. The molecule has 0 radical (unpaired) electrons. The summed E-state index contributed by atoms with van der Waals surface area (Å²) in [5.74, 6) is 0.154. The van der Waals surface area contributed by atoms with Crippen molar-refractivity contribution in [2.75, 3.05) is 25.4 Å². The molecule has 1 aromatic carbocycles. The Balaban J connectivity index is 0.00000180. The molecule has 108 valence electrons. The molecule has 2 rings (SSSR count). The Morgan fingerprint density at radius 3 is 2.47 bits per heavy atom. The second-order valence-electron chi connectivity index (χ2n) is 4.62. The van der Waals surface area contributed by atoms with Gasteiger partial charge in [0.25, 0.3) is 0 Å². The summed E-state index contributed by atoms with van der Waals surface area (Å²) in [4.78, 5) is 2.50. The number of halogens is 2. The number of hydrogen-bond acceptors (Lipinski definition) is 4. The Labute approximate surface area is 128 Å². The highest BCUT2D eigenvalue weighted by atomic mass is 79.9. The van der Waals surface area contributed by atoms with Crippen LogP contribution in [0.3, 0.4) is 0 Å². The zero-order chi connectivity index (χ0) is 13.2. The molecule has 1 heterocycles. The minimum absolute atomic E-state index is 0. The van der Waals surface area contributed by atoms with E-state index >= 15 is 0 Å². The Morgan fingerprint density at radius 2 is 1.95 bits per heavy atom. The number of nitrogens with two attached hydrogens (primary N) is 1. The van der Waals surface area contributed by atoms with E-state index in [1.165, 1.54) is 0 Å². The third kappa shape index (κ3) is 4.72. The molecule has 19 heavy (non-hydrogen) atoms. The maximum atomic E-state index is 12.1. The van der Waals surface area contributed by atoms with Crippen LogP contribution >= 0.6 is 28.3 Å². The first-order valence-corrected chi connectivity index (χ1v) is 8.38. The van der Waals surface area contributed by atoms with Gasteiger partial charge in [0.15, 0.2) is 9.84 Å². The largest absolute Gasteiger partial charge is 0.326 e. The SMILES string of the molecule is Cl.NC1CCN(CCS(=O)(=O)c2ccc(Br)cc2)C1. The van der Waals surface area contributed by atoms with Crippen molar-refractivity contribution in [1.29, 1.82) is 0 Å². The molecule has 0 saturated carbocycles. The lowest BCUT2D eigenvalue weighted by Gasteiger charge is -2.14. The molecule has 0 bridgehead atoms. The quantitative estimate of drug-likeness (QED) is 0.877. The van der Waals surface area contributed by atoms with Gasteiger partial charge in [-0.15, -0.1) is 12.4 Å². The van der Waals surface area contributed by atoms with Crippen molar-refractivity contribution in [3.63, 3.8) is 0 Å². The fourth-order valence-electron chi connectivity index (χ4n) is 2.07. The molecule has 0 amide bonds. The van der Waals surface area contributed by atoms with Gasteiger partial charge in [-0.25, -0.2) is 8.42 Å². The summed E-state index contributed by atoms with van der Waals surface area (Å²) >= 11 is 3.29. The van der Waals surface area contributed by atoms with Crippen LogP contribution in [0.2, 0.25) is 0 Å². The van der Waals surface area contributed by atoms with Crippen LogP contribution in [0.15, 0.2) is 33.6 Å². The highest BCUT2D eigenvalue weighted by molar-refractivity contribution is 9.10. The van der Waals surface area contributed by atoms with Crippen LogP contribution in [0.25, 0.3) is 0 Å². The number of hydrogen-bond donors (Lipinski definition) is 1. The summed E-state index contributed by atoms with van der Waals surface area (Å²) in [5, 5.41) is 0. The number of nitrogens with zero attached hydrogens (tertiary/aromatic N) is 1. The molecule has 0 aromatic heterocycles. The molecule has 1 aliphatic rings. The first-order valence-electron chi connectivity index (χ1n) is 5.93. The van der Waals surface area contributed by atoms with E-state index in [9.17, 15) is 8.42 Å². The van der Waals surface area contributed by atoms with Gasteiger partial charge in [0.2, 0.25) is 0 Å². The third-order valence-electron chi connectivity index (χ3n) is 3.16. The summed E-state index contributed by atoms with van der Waals surface area (Å²) < 4.78 is 25.1. The molecular weight excluding hydrogens is 352 g/mol. The summed E-state index contributed by atoms with van der Waals surface area (Å²) in [5.41, 5.74) is 5.80. The van der Waals surface area contributed by atoms with Gasteiger partial charge in [-0.2, -0.15) is 0 Å². The van der Waals surface area contributed by atoms with Crippen LogP contribution in [0.1, 0.15) is 6.42 Å². The number of rotatable bonds is 4. The number of likely N-dealkylation sites (tertiary alicyclic amines) is 1. The van der Waals surface area contributed by atoms with Crippen molar-refractivity contribution in [2.45, 2.75) is 17.4 Å². The topological polar surface area (TPSA) is 63.4 Å². The zero-order valence-corrected chi connectivity index (χ0v) is 13.7. The second kappa shape index (κ2) is 7.04. The highest BCUT2D eigenvalue weighted by Gasteiger charge is 2.21. The Kier molecular flexibility index (Phi) is 6.26. The average molecular weight is 370 g/mol. The molecule has 1 atom stereocenters. The van der Waals surface area contributed by atoms with Crippen LogP contribution < -0.4 is 5.73 Å². The van der Waals surface area contributed by atoms with Gasteiger partial charge in [-0.1, -0.05) is 15.9 Å². The lowest BCUT2D eigenvalue weighted by atomic mass is 10.3. The first-order chi connectivity index (χ1) is 8.47. The van der Waals surface area contributed by atoms with Crippen molar-refractivity contribution in [3.8, 4) is 0 Å². The second-order valence-corrected chi connectivity index (χ2v) is 7.65. The average Bonchev–Trinajstić information content (AvgIpc) is 2.73. The number of sulfone groups is 1. The molecule has 1 saturated heterocycles. The van der Waals surface area contributed by atoms with Crippen molar-refractivity contribution in [3.05, 3.63) is 28.7 Å². The van der Waals surface area contributed by atoms with Crippen molar-refractivity contribution in [2.24, 2.45) is 5.73 Å². The van der Waals surface area contributed by atoms with E-state index in [0.717, 1.165) is 24.0 Å². The van der Waals surface area contributed by atoms with Gasteiger partial charge in [0.05, 0.1) is 10.6 Å². The molecule has 1 fully saturated rings. The standard InChI is InChI=1S/C12H17BrN2O2S.ClH/c13-10-1-3-12(4-2-10)18(16,17)8-7-15-6-5-11(14)9-15;/h1-4,11H,5-9,14H2;1H. The van der Waals surface area contributed by atoms with E-state index in [4.69, 9.17) is 5.73 Å². The highest BCUT2D eigenvalue weighted by Crippen LogP contribution is 2.16. The predicted octanol–water partition coefficient (Wildman–Crippen LogP) is 1.68. The van der Waals surface area contributed by atoms with E-state index in [1.54, 1.807) is 24.3 Å². The van der Waals surface area contributed by atoms with E-state index in [1.807, 2.05) is 0 Å². The van der Waals surface area contributed by atoms with Gasteiger partial charge in [0.1, 0.15) is 0 Å². The van der Waals surface area contributed by atoms with Crippen LogP contribution in [-0.2, 0) is 9.84 Å². The Hall–Kier alpha value is -0.140. The summed E-state index contributed by atoms with van der Waals surface area (Å²) in [6.07, 6.45) is 0.957. The molecule has 1 aromatic rings. The Bertz CT molecular complexity index is 507. The zero-order valence-electron chi connectivity index (χ0n) is 10.5. The molecule has 7 heteroatoms. The van der Waals surface area contributed by atoms with E-state index < -0.39 is 9.84 Å². The summed E-state index contributed by atoms with van der Waals surface area (Å²) in [6.45, 7) is 2.26. The minimum atomic E-state index is -3.19. The fourth-order valence-corrected chi connectivity index (χ4v) is 3.62. The third-order valence-corrected chi connectivity index (χ3v) is 5.40. The van der Waals surface area contributed by atoms with Crippen molar-refractivity contribution in [1.82, 2.24) is 4.90 Å². The molecule has 1 aliphatic heterocycles. The number of benzene rings is 1. The maximum absolute atomic E-state index is 12.1. The van der Waals surface area contributed by atoms with E-state index in [0.29, 0.717) is 11.4 Å². The molecular formula is C12H18BrClN2O2S. The van der Waals surface area contributed by atoms with Gasteiger partial charge in [0, 0.05) is 23.6 Å². The van der Waals surface area contributed by atoms with Gasteiger partial charge >= 0.3 is 0 Å². The Morgan fingerprint density at radius 1 is 1.32 bits per heavy atom. The maximum Gasteiger partial charge on any atom is 0.179 e. The van der Waals surface area contributed by atoms with E-state index in [2.05, 4.69) is 20.8 Å².